The van der Waals surface area contributed by atoms with Crippen molar-refractivity contribution in [3.8, 4) is 5.69 Å². The van der Waals surface area contributed by atoms with Crippen LogP contribution in [0.4, 0.5) is 4.79 Å². The largest absolute Gasteiger partial charge is 0.338 e. The van der Waals surface area contributed by atoms with Gasteiger partial charge in [0, 0.05) is 19.3 Å². The molecular formula is C17H17N5O3. The molecule has 25 heavy (non-hydrogen) atoms. The Morgan fingerprint density at radius 1 is 1.12 bits per heavy atom. The fourth-order valence-electron chi connectivity index (χ4n) is 3.31. The van der Waals surface area contributed by atoms with Gasteiger partial charge in [-0.3, -0.25) is 14.9 Å². The molecule has 0 atom stereocenters. The Balaban J connectivity index is 1.46. The topological polar surface area (TPSA) is 96.3 Å². The molecule has 1 spiro atoms. The lowest BCUT2D eigenvalue weighted by Gasteiger charge is -2.36. The van der Waals surface area contributed by atoms with E-state index in [1.807, 2.05) is 30.3 Å². The number of urea groups is 1. The lowest BCUT2D eigenvalue weighted by atomic mass is 9.87. The van der Waals surface area contributed by atoms with Crippen LogP contribution in [0.3, 0.4) is 0 Å². The molecule has 2 saturated heterocycles. The van der Waals surface area contributed by atoms with Crippen molar-refractivity contribution in [2.24, 2.45) is 0 Å². The number of benzene rings is 1. The third kappa shape index (κ3) is 2.65. The molecule has 2 aromatic rings. The van der Waals surface area contributed by atoms with Crippen LogP contribution in [0.2, 0.25) is 0 Å². The standard InChI is InChI=1S/C17H17N5O3/c23-14(12-10-18-22(11-12)13-4-2-1-3-5-13)21-8-6-17(7-9-21)15(24)19-16(25)20-17/h1-5,10-11H,6-9H2,(H2,19,20,24,25). The van der Waals surface area contributed by atoms with Gasteiger partial charge in [0.1, 0.15) is 5.54 Å². The molecule has 3 heterocycles. The Kier molecular flexibility index (Phi) is 3.52. The lowest BCUT2D eigenvalue weighted by molar-refractivity contribution is -0.125. The van der Waals surface area contributed by atoms with Crippen molar-refractivity contribution < 1.29 is 14.4 Å². The second-order valence-corrected chi connectivity index (χ2v) is 6.29. The highest BCUT2D eigenvalue weighted by molar-refractivity contribution is 6.07. The van der Waals surface area contributed by atoms with E-state index in [4.69, 9.17) is 0 Å². The molecule has 4 rings (SSSR count). The average Bonchev–Trinajstić information content (AvgIpc) is 3.21. The highest BCUT2D eigenvalue weighted by Crippen LogP contribution is 2.26. The van der Waals surface area contributed by atoms with Crippen molar-refractivity contribution in [1.29, 1.82) is 0 Å². The first-order valence-electron chi connectivity index (χ1n) is 8.10. The third-order valence-electron chi connectivity index (χ3n) is 4.77. The molecule has 0 saturated carbocycles. The van der Waals surface area contributed by atoms with Crippen LogP contribution in [-0.2, 0) is 4.79 Å². The summed E-state index contributed by atoms with van der Waals surface area (Å²) in [7, 11) is 0. The van der Waals surface area contributed by atoms with E-state index >= 15 is 0 Å². The van der Waals surface area contributed by atoms with Gasteiger partial charge in [-0.05, 0) is 25.0 Å². The molecular weight excluding hydrogens is 322 g/mol. The summed E-state index contributed by atoms with van der Waals surface area (Å²) in [5.74, 6) is -0.428. The maximum atomic E-state index is 12.7. The van der Waals surface area contributed by atoms with Crippen molar-refractivity contribution in [1.82, 2.24) is 25.3 Å². The number of amides is 4. The van der Waals surface area contributed by atoms with E-state index in [0.717, 1.165) is 5.69 Å². The zero-order valence-electron chi connectivity index (χ0n) is 13.4. The fourth-order valence-corrected chi connectivity index (χ4v) is 3.31. The Morgan fingerprint density at radius 3 is 2.48 bits per heavy atom. The molecule has 0 bridgehead atoms. The van der Waals surface area contributed by atoms with E-state index in [9.17, 15) is 14.4 Å². The number of likely N-dealkylation sites (tertiary alicyclic amines) is 1. The molecule has 1 aromatic carbocycles. The van der Waals surface area contributed by atoms with E-state index in [-0.39, 0.29) is 11.8 Å². The van der Waals surface area contributed by atoms with Crippen LogP contribution < -0.4 is 10.6 Å². The quantitative estimate of drug-likeness (QED) is 0.787. The van der Waals surface area contributed by atoms with Crippen LogP contribution in [0.5, 0.6) is 0 Å². The van der Waals surface area contributed by atoms with Gasteiger partial charge in [0.25, 0.3) is 11.8 Å². The van der Waals surface area contributed by atoms with Gasteiger partial charge in [-0.25, -0.2) is 9.48 Å². The van der Waals surface area contributed by atoms with Crippen molar-refractivity contribution in [3.05, 3.63) is 48.3 Å². The summed E-state index contributed by atoms with van der Waals surface area (Å²) in [5.41, 5.74) is 0.506. The minimum Gasteiger partial charge on any atom is -0.338 e. The summed E-state index contributed by atoms with van der Waals surface area (Å²) in [6.45, 7) is 0.812. The molecule has 8 nitrogen and oxygen atoms in total. The zero-order chi connectivity index (χ0) is 17.4. The Morgan fingerprint density at radius 2 is 1.84 bits per heavy atom. The maximum Gasteiger partial charge on any atom is 0.322 e. The third-order valence-corrected chi connectivity index (χ3v) is 4.77. The molecule has 0 unspecified atom stereocenters. The van der Waals surface area contributed by atoms with E-state index in [0.29, 0.717) is 31.5 Å². The van der Waals surface area contributed by atoms with E-state index < -0.39 is 11.6 Å². The number of nitrogens with zero attached hydrogens (tertiary/aromatic N) is 3. The number of carbonyl (C=O) groups is 3. The average molecular weight is 339 g/mol. The predicted molar refractivity (Wildman–Crippen MR) is 88.1 cm³/mol. The Labute approximate surface area is 143 Å². The summed E-state index contributed by atoms with van der Waals surface area (Å²) in [4.78, 5) is 37.7. The van der Waals surface area contributed by atoms with Crippen molar-refractivity contribution in [2.45, 2.75) is 18.4 Å². The highest BCUT2D eigenvalue weighted by Gasteiger charge is 2.48. The number of rotatable bonds is 2. The molecule has 1 aromatic heterocycles. The number of carbonyl (C=O) groups excluding carboxylic acids is 3. The summed E-state index contributed by atoms with van der Waals surface area (Å²) < 4.78 is 1.66. The van der Waals surface area contributed by atoms with Gasteiger partial charge in [0.05, 0.1) is 17.4 Å². The summed E-state index contributed by atoms with van der Waals surface area (Å²) >= 11 is 0. The van der Waals surface area contributed by atoms with Crippen molar-refractivity contribution >= 4 is 17.8 Å². The summed E-state index contributed by atoms with van der Waals surface area (Å²) in [6.07, 6.45) is 4.06. The molecule has 128 valence electrons. The van der Waals surface area contributed by atoms with Crippen molar-refractivity contribution in [3.63, 3.8) is 0 Å². The van der Waals surface area contributed by atoms with Gasteiger partial charge in [-0.2, -0.15) is 5.10 Å². The summed E-state index contributed by atoms with van der Waals surface area (Å²) in [5, 5.41) is 9.20. The Bertz CT molecular complexity index is 837. The van der Waals surface area contributed by atoms with Crippen LogP contribution >= 0.6 is 0 Å². The predicted octanol–water partition coefficient (Wildman–Crippen LogP) is 0.686. The van der Waals surface area contributed by atoms with Crippen LogP contribution in [0.25, 0.3) is 5.69 Å². The van der Waals surface area contributed by atoms with Gasteiger partial charge >= 0.3 is 6.03 Å². The van der Waals surface area contributed by atoms with Gasteiger partial charge in [0.2, 0.25) is 0 Å². The monoisotopic (exact) mass is 339 g/mol. The van der Waals surface area contributed by atoms with Gasteiger partial charge in [0.15, 0.2) is 0 Å². The second kappa shape index (κ2) is 5.73. The van der Waals surface area contributed by atoms with Crippen LogP contribution in [-0.4, -0.2) is 51.2 Å². The van der Waals surface area contributed by atoms with Gasteiger partial charge in [-0.1, -0.05) is 18.2 Å². The SMILES string of the molecule is O=C1NC(=O)C2(CCN(C(=O)c3cnn(-c4ccccc4)c3)CC2)N1. The number of imide groups is 1. The normalized spacial score (nSPS) is 19.0. The van der Waals surface area contributed by atoms with Gasteiger partial charge < -0.3 is 10.2 Å². The molecule has 2 N–H and O–H groups in total. The number of piperidine rings is 1. The smallest absolute Gasteiger partial charge is 0.322 e. The first-order valence-corrected chi connectivity index (χ1v) is 8.10. The number of para-hydroxylation sites is 1. The Hall–Kier alpha value is -3.16. The maximum absolute atomic E-state index is 12.7. The molecule has 2 fully saturated rings. The first-order chi connectivity index (χ1) is 12.1. The van der Waals surface area contributed by atoms with E-state index in [1.165, 1.54) is 0 Å². The minimum absolute atomic E-state index is 0.123. The van der Waals surface area contributed by atoms with E-state index in [2.05, 4.69) is 15.7 Å². The molecule has 0 aliphatic carbocycles. The number of aromatic nitrogens is 2. The van der Waals surface area contributed by atoms with Crippen molar-refractivity contribution in [2.75, 3.05) is 13.1 Å². The molecule has 2 aliphatic rings. The lowest BCUT2D eigenvalue weighted by Crippen LogP contribution is -2.55. The molecule has 2 aliphatic heterocycles. The number of hydrogen-bond donors (Lipinski definition) is 2. The molecule has 0 radical (unpaired) electrons. The summed E-state index contributed by atoms with van der Waals surface area (Å²) in [6, 6.07) is 9.09. The van der Waals surface area contributed by atoms with Crippen LogP contribution in [0.1, 0.15) is 23.2 Å². The highest BCUT2D eigenvalue weighted by atomic mass is 16.2. The first kappa shape index (κ1) is 15.4. The molecule has 8 heteroatoms. The molecule has 4 amide bonds. The van der Waals surface area contributed by atoms with Crippen LogP contribution in [0.15, 0.2) is 42.7 Å². The van der Waals surface area contributed by atoms with Crippen LogP contribution in [0, 0.1) is 0 Å². The number of hydrogen-bond acceptors (Lipinski definition) is 4. The zero-order valence-corrected chi connectivity index (χ0v) is 13.4. The van der Waals surface area contributed by atoms with Gasteiger partial charge in [-0.15, -0.1) is 0 Å². The second-order valence-electron chi connectivity index (χ2n) is 6.29. The van der Waals surface area contributed by atoms with E-state index in [1.54, 1.807) is 22.0 Å². The minimum atomic E-state index is -0.873. The number of nitrogens with one attached hydrogen (secondary N) is 2. The fraction of sp³-hybridized carbons (Fsp3) is 0.294.